The maximum Gasteiger partial charge on any atom is 0.337 e. The molecule has 4 rings (SSSR count). The van der Waals surface area contributed by atoms with Crippen molar-refractivity contribution >= 4 is 18.0 Å². The molecule has 0 heterocycles. The molecule has 3 aromatic carbocycles. The largest absolute Gasteiger partial charge is 0.488 e. The number of ether oxygens (including phenoxy) is 3. The van der Waals surface area contributed by atoms with E-state index in [4.69, 9.17) is 14.2 Å². The second-order valence-corrected chi connectivity index (χ2v) is 12.8. The SMILES string of the molecule is CCOC(=O)CC1(CCC(C=Cc2ccccc2OCc2ccc(C(C)(C)C)cc2)Cc2ccc(C(=O)OC)cc2)CC1. The molecule has 0 amide bonds. The van der Waals surface area contributed by atoms with Crippen LogP contribution in [-0.2, 0) is 32.7 Å². The Bertz CT molecular complexity index is 1380. The lowest BCUT2D eigenvalue weighted by Crippen LogP contribution is -2.14. The number of allylic oxidation sites excluding steroid dienone is 1. The van der Waals surface area contributed by atoms with Crippen LogP contribution in [0.2, 0.25) is 0 Å². The minimum Gasteiger partial charge on any atom is -0.488 e. The Morgan fingerprint density at radius 3 is 2.23 bits per heavy atom. The average Bonchev–Trinajstić information content (AvgIpc) is 3.76. The van der Waals surface area contributed by atoms with Crippen molar-refractivity contribution in [2.75, 3.05) is 13.7 Å². The van der Waals surface area contributed by atoms with Crippen LogP contribution in [0.5, 0.6) is 5.75 Å². The first kappa shape index (κ1) is 32.1. The van der Waals surface area contributed by atoms with E-state index in [1.807, 2.05) is 49.4 Å². The monoisotopic (exact) mass is 582 g/mol. The Morgan fingerprint density at radius 1 is 0.930 bits per heavy atom. The molecule has 0 saturated heterocycles. The molecule has 1 saturated carbocycles. The lowest BCUT2D eigenvalue weighted by molar-refractivity contribution is -0.144. The van der Waals surface area contributed by atoms with Crippen molar-refractivity contribution in [2.24, 2.45) is 11.3 Å². The molecule has 0 N–H and O–H groups in total. The van der Waals surface area contributed by atoms with Gasteiger partial charge in [-0.3, -0.25) is 4.79 Å². The highest BCUT2D eigenvalue weighted by Crippen LogP contribution is 2.53. The highest BCUT2D eigenvalue weighted by molar-refractivity contribution is 5.89. The van der Waals surface area contributed by atoms with E-state index in [1.54, 1.807) is 0 Å². The van der Waals surface area contributed by atoms with Gasteiger partial charge < -0.3 is 14.2 Å². The Kier molecular flexibility index (Phi) is 10.8. The van der Waals surface area contributed by atoms with E-state index in [9.17, 15) is 9.59 Å². The molecule has 0 aliphatic heterocycles. The first-order chi connectivity index (χ1) is 20.6. The van der Waals surface area contributed by atoms with Gasteiger partial charge in [-0.1, -0.05) is 87.5 Å². The molecule has 0 bridgehead atoms. The maximum atomic E-state index is 12.2. The van der Waals surface area contributed by atoms with E-state index in [0.717, 1.165) is 54.5 Å². The minimum absolute atomic E-state index is 0.0661. The van der Waals surface area contributed by atoms with Gasteiger partial charge in [0.25, 0.3) is 0 Å². The molecular weight excluding hydrogens is 536 g/mol. The Balaban J connectivity index is 1.47. The number of para-hydroxylation sites is 1. The predicted octanol–water partition coefficient (Wildman–Crippen LogP) is 8.74. The van der Waals surface area contributed by atoms with Crippen LogP contribution in [0, 0.1) is 11.3 Å². The summed E-state index contributed by atoms with van der Waals surface area (Å²) in [5.41, 5.74) is 5.36. The van der Waals surface area contributed by atoms with Gasteiger partial charge in [0.1, 0.15) is 12.4 Å². The van der Waals surface area contributed by atoms with Crippen molar-refractivity contribution in [1.29, 1.82) is 0 Å². The van der Waals surface area contributed by atoms with Gasteiger partial charge >= 0.3 is 11.9 Å². The fraction of sp³-hybridized carbons (Fsp3) is 0.421. The van der Waals surface area contributed by atoms with Gasteiger partial charge in [-0.25, -0.2) is 4.79 Å². The van der Waals surface area contributed by atoms with Gasteiger partial charge in [0, 0.05) is 5.56 Å². The normalized spacial score (nSPS) is 14.7. The summed E-state index contributed by atoms with van der Waals surface area (Å²) in [6.45, 7) is 9.44. The number of hydrogen-bond donors (Lipinski definition) is 0. The fourth-order valence-corrected chi connectivity index (χ4v) is 5.42. The highest BCUT2D eigenvalue weighted by Gasteiger charge is 2.44. The highest BCUT2D eigenvalue weighted by atomic mass is 16.5. The van der Waals surface area contributed by atoms with Crippen molar-refractivity contribution in [3.8, 4) is 5.75 Å². The van der Waals surface area contributed by atoms with Gasteiger partial charge in [0.15, 0.2) is 0 Å². The Labute approximate surface area is 257 Å². The lowest BCUT2D eigenvalue weighted by Gasteiger charge is -2.19. The number of carbonyl (C=O) groups excluding carboxylic acids is 2. The molecule has 0 radical (unpaired) electrons. The summed E-state index contributed by atoms with van der Waals surface area (Å²) in [5.74, 6) is 0.673. The van der Waals surface area contributed by atoms with Gasteiger partial charge in [-0.2, -0.15) is 0 Å². The number of rotatable bonds is 14. The van der Waals surface area contributed by atoms with Gasteiger partial charge in [-0.15, -0.1) is 0 Å². The average molecular weight is 583 g/mol. The Hall–Kier alpha value is -3.86. The number of hydrogen-bond acceptors (Lipinski definition) is 5. The zero-order chi connectivity index (χ0) is 30.9. The molecule has 3 aromatic rings. The van der Waals surface area contributed by atoms with Gasteiger partial charge in [-0.05, 0) is 90.7 Å². The zero-order valence-electron chi connectivity index (χ0n) is 26.4. The minimum atomic E-state index is -0.334. The van der Waals surface area contributed by atoms with Crippen LogP contribution in [-0.4, -0.2) is 25.7 Å². The molecule has 1 atom stereocenters. The Morgan fingerprint density at radius 2 is 1.60 bits per heavy atom. The molecule has 1 aliphatic carbocycles. The summed E-state index contributed by atoms with van der Waals surface area (Å²) in [6.07, 6.45) is 9.84. The van der Waals surface area contributed by atoms with Crippen LogP contribution in [0.3, 0.4) is 0 Å². The molecule has 43 heavy (non-hydrogen) atoms. The van der Waals surface area contributed by atoms with Crippen LogP contribution < -0.4 is 4.74 Å². The first-order valence-electron chi connectivity index (χ1n) is 15.4. The number of benzene rings is 3. The van der Waals surface area contributed by atoms with Crippen LogP contribution in [0.1, 0.15) is 92.4 Å². The molecule has 0 aromatic heterocycles. The van der Waals surface area contributed by atoms with E-state index < -0.39 is 0 Å². The molecule has 0 spiro atoms. The molecule has 228 valence electrons. The summed E-state index contributed by atoms with van der Waals surface area (Å²) in [4.78, 5) is 24.1. The predicted molar refractivity (Wildman–Crippen MR) is 172 cm³/mol. The molecule has 1 aliphatic rings. The van der Waals surface area contributed by atoms with Gasteiger partial charge in [0.05, 0.1) is 25.7 Å². The molecule has 1 unspecified atom stereocenters. The smallest absolute Gasteiger partial charge is 0.337 e. The number of methoxy groups -OCH3 is 1. The van der Waals surface area contributed by atoms with Crippen molar-refractivity contribution in [2.45, 2.75) is 78.2 Å². The first-order valence-corrected chi connectivity index (χ1v) is 15.4. The van der Waals surface area contributed by atoms with Crippen molar-refractivity contribution in [3.05, 3.63) is 107 Å². The van der Waals surface area contributed by atoms with Crippen LogP contribution >= 0.6 is 0 Å². The van der Waals surface area contributed by atoms with E-state index >= 15 is 0 Å². The zero-order valence-corrected chi connectivity index (χ0v) is 26.4. The molecule has 5 nitrogen and oxygen atoms in total. The third-order valence-corrected chi connectivity index (χ3v) is 8.38. The summed E-state index contributed by atoms with van der Waals surface area (Å²) < 4.78 is 16.4. The summed E-state index contributed by atoms with van der Waals surface area (Å²) >= 11 is 0. The second-order valence-electron chi connectivity index (χ2n) is 12.8. The second kappa shape index (κ2) is 14.5. The summed E-state index contributed by atoms with van der Waals surface area (Å²) in [5, 5.41) is 0. The van der Waals surface area contributed by atoms with Crippen LogP contribution in [0.25, 0.3) is 6.08 Å². The van der Waals surface area contributed by atoms with Crippen LogP contribution in [0.4, 0.5) is 0 Å². The van der Waals surface area contributed by atoms with Crippen molar-refractivity contribution in [3.63, 3.8) is 0 Å². The molecule has 1 fully saturated rings. The topological polar surface area (TPSA) is 61.8 Å². The third-order valence-electron chi connectivity index (χ3n) is 8.38. The fourth-order valence-electron chi connectivity index (χ4n) is 5.42. The lowest BCUT2D eigenvalue weighted by atomic mass is 9.87. The van der Waals surface area contributed by atoms with Gasteiger partial charge in [0.2, 0.25) is 0 Å². The third kappa shape index (κ3) is 9.57. The van der Waals surface area contributed by atoms with Crippen molar-refractivity contribution in [1.82, 2.24) is 0 Å². The van der Waals surface area contributed by atoms with Crippen molar-refractivity contribution < 1.29 is 23.8 Å². The molecular formula is C38H46O5. The van der Waals surface area contributed by atoms with E-state index in [-0.39, 0.29) is 28.7 Å². The summed E-state index contributed by atoms with van der Waals surface area (Å²) in [7, 11) is 1.39. The maximum absolute atomic E-state index is 12.2. The van der Waals surface area contributed by atoms with E-state index in [1.165, 1.54) is 12.7 Å². The quantitative estimate of drug-likeness (QED) is 0.178. The van der Waals surface area contributed by atoms with E-state index in [2.05, 4.69) is 63.3 Å². The summed E-state index contributed by atoms with van der Waals surface area (Å²) in [6, 6.07) is 24.4. The number of esters is 2. The van der Waals surface area contributed by atoms with Crippen LogP contribution in [0.15, 0.2) is 78.9 Å². The van der Waals surface area contributed by atoms with E-state index in [0.29, 0.717) is 25.2 Å². The standard InChI is InChI=1S/C38H46O5/c1-6-42-35(39)26-38(23-24-38)22-21-29(25-28-12-17-32(18-13-28)36(40)41-5)11-16-31-9-7-8-10-34(31)43-27-30-14-19-33(20-15-30)37(2,3)4/h7-20,29H,6,21-27H2,1-5H3. The number of carbonyl (C=O) groups is 2. The molecule has 5 heteroatoms.